The molecule has 0 bridgehead atoms. The Bertz CT molecular complexity index is 322. The summed E-state index contributed by atoms with van der Waals surface area (Å²) < 4.78 is 0. The van der Waals surface area contributed by atoms with Crippen LogP contribution in [0.2, 0.25) is 0 Å². The van der Waals surface area contributed by atoms with E-state index >= 15 is 0 Å². The van der Waals surface area contributed by atoms with E-state index < -0.39 is 55.1 Å². The van der Waals surface area contributed by atoms with E-state index in [-0.39, 0.29) is 86.3 Å². The maximum Gasteiger partial charge on any atom is 0.314 e. The zero-order valence-electron chi connectivity index (χ0n) is 11.6. The van der Waals surface area contributed by atoms with Crippen molar-refractivity contribution in [3.8, 4) is 0 Å². The molecule has 0 atom stereocenters. The Labute approximate surface area is 198 Å². The second-order valence-corrected chi connectivity index (χ2v) is 2.89. The van der Waals surface area contributed by atoms with Gasteiger partial charge in [-0.05, 0) is 0 Å². The molecule has 0 aromatic heterocycles. The van der Waals surface area contributed by atoms with Crippen molar-refractivity contribution in [1.29, 1.82) is 0 Å². The van der Waals surface area contributed by atoms with Crippen LogP contribution in [0.5, 0.6) is 0 Å². The molecule has 0 heterocycles. The average Bonchev–Trinajstić information content (AvgIpc) is 2.10. The summed E-state index contributed by atoms with van der Waals surface area (Å²) in [6.07, 6.45) is -2.42. The summed E-state index contributed by atoms with van der Waals surface area (Å²) in [4.78, 5) is 56.6. The van der Waals surface area contributed by atoms with Crippen molar-refractivity contribution in [2.75, 3.05) is 0 Å². The molecule has 0 rings (SSSR count). The maximum atomic E-state index is 9.43. The number of carboxylic acid groups (broad SMARTS) is 6. The topological polar surface area (TPSA) is 255 Å². The van der Waals surface area contributed by atoms with Crippen LogP contribution in [-0.4, -0.2) is 71.9 Å². The molecular formula is C9H14O13Sm2. The molecule has 0 unspecified atom stereocenters. The first-order valence-electron chi connectivity index (χ1n) is 4.69. The predicted octanol–water partition coefficient (Wildman–Crippen LogP) is -2.19. The molecule has 0 saturated carbocycles. The van der Waals surface area contributed by atoms with Crippen LogP contribution >= 0.6 is 0 Å². The minimum absolute atomic E-state index is 0. The molecule has 0 amide bonds. The SMILES string of the molecule is O.O=C(O)CC(=O)O.O=C(O)CC(=O)O.O=C(O)CC(=O)O.[Sm].[Sm]. The summed E-state index contributed by atoms with van der Waals surface area (Å²) in [7, 11) is 0. The Kier molecular flexibility index (Phi) is 40.0. The van der Waals surface area contributed by atoms with Gasteiger partial charge >= 0.3 is 35.8 Å². The van der Waals surface area contributed by atoms with Crippen molar-refractivity contribution in [2.24, 2.45) is 0 Å². The normalized spacial score (nSPS) is 7.00. The van der Waals surface area contributed by atoms with Crippen LogP contribution in [0.25, 0.3) is 0 Å². The number of carbonyl (C=O) groups is 6. The minimum Gasteiger partial charge on any atom is -0.481 e. The second-order valence-electron chi connectivity index (χ2n) is 2.89. The van der Waals surface area contributed by atoms with Crippen LogP contribution in [0.15, 0.2) is 0 Å². The standard InChI is InChI=1S/3C3H4O4.H2O.2Sm/c3*4-2(5)1-3(6)7;;;/h3*1H2,(H,4,5)(H,6,7);1H2;;. The van der Waals surface area contributed by atoms with Gasteiger partial charge in [0.2, 0.25) is 0 Å². The summed E-state index contributed by atoms with van der Waals surface area (Å²) in [5.41, 5.74) is 0. The molecule has 24 heavy (non-hydrogen) atoms. The van der Waals surface area contributed by atoms with Gasteiger partial charge in [0.1, 0.15) is 19.3 Å². The maximum absolute atomic E-state index is 9.43. The van der Waals surface area contributed by atoms with Crippen LogP contribution in [-0.2, 0) is 28.8 Å². The van der Waals surface area contributed by atoms with Gasteiger partial charge < -0.3 is 36.1 Å². The molecular weight excluding hydrogens is 617 g/mol. The fourth-order valence-corrected chi connectivity index (χ4v) is 0.388. The first-order valence-corrected chi connectivity index (χ1v) is 4.69. The van der Waals surface area contributed by atoms with E-state index in [4.69, 9.17) is 30.6 Å². The van der Waals surface area contributed by atoms with E-state index in [2.05, 4.69) is 0 Å². The number of hydrogen-bond donors (Lipinski definition) is 6. The number of rotatable bonds is 6. The van der Waals surface area contributed by atoms with Gasteiger partial charge in [-0.1, -0.05) is 0 Å². The monoisotopic (exact) mass is 634 g/mol. The zero-order chi connectivity index (χ0) is 17.6. The molecule has 0 radical (unpaired) electrons. The van der Waals surface area contributed by atoms with E-state index in [9.17, 15) is 28.8 Å². The first-order chi connectivity index (χ1) is 9.38. The Balaban J connectivity index is -0.0000000476. The third-order valence-electron chi connectivity index (χ3n) is 0.907. The third kappa shape index (κ3) is 68.4. The average molecular weight is 631 g/mol. The van der Waals surface area contributed by atoms with Gasteiger partial charge in [-0.15, -0.1) is 0 Å². The molecule has 0 aliphatic heterocycles. The molecule has 0 spiro atoms. The molecule has 0 aliphatic carbocycles. The molecule has 0 fully saturated rings. The molecule has 0 saturated heterocycles. The van der Waals surface area contributed by atoms with Gasteiger partial charge in [-0.2, -0.15) is 0 Å². The molecule has 0 aliphatic rings. The van der Waals surface area contributed by atoms with Crippen LogP contribution < -0.4 is 0 Å². The van der Waals surface area contributed by atoms with Gasteiger partial charge in [0.15, 0.2) is 0 Å². The van der Waals surface area contributed by atoms with Gasteiger partial charge in [-0.3, -0.25) is 28.8 Å². The number of hydrogen-bond acceptors (Lipinski definition) is 6. The van der Waals surface area contributed by atoms with Gasteiger partial charge in [0, 0.05) is 80.8 Å². The van der Waals surface area contributed by atoms with Crippen LogP contribution in [0.1, 0.15) is 19.3 Å². The summed E-state index contributed by atoms with van der Waals surface area (Å²) >= 11 is 0. The minimum atomic E-state index is -1.31. The van der Waals surface area contributed by atoms with Crippen molar-refractivity contribution in [3.63, 3.8) is 0 Å². The zero-order valence-corrected chi connectivity index (χ0v) is 16.8. The first kappa shape index (κ1) is 38.8. The van der Waals surface area contributed by atoms with E-state index in [1.807, 2.05) is 0 Å². The second kappa shape index (κ2) is 24.7. The van der Waals surface area contributed by atoms with Crippen molar-refractivity contribution in [3.05, 3.63) is 0 Å². The Morgan fingerprint density at radius 1 is 0.417 bits per heavy atom. The predicted molar refractivity (Wildman–Crippen MR) is 63.3 cm³/mol. The Morgan fingerprint density at radius 3 is 0.500 bits per heavy atom. The van der Waals surface area contributed by atoms with Crippen molar-refractivity contribution in [2.45, 2.75) is 19.3 Å². The number of aliphatic carboxylic acids is 6. The molecule has 13 nitrogen and oxygen atoms in total. The summed E-state index contributed by atoms with van der Waals surface area (Å²) in [5, 5.41) is 46.2. The van der Waals surface area contributed by atoms with Crippen LogP contribution in [0.4, 0.5) is 0 Å². The van der Waals surface area contributed by atoms with Gasteiger partial charge in [-0.25, -0.2) is 0 Å². The van der Waals surface area contributed by atoms with E-state index in [0.29, 0.717) is 0 Å². The van der Waals surface area contributed by atoms with Crippen LogP contribution in [0, 0.1) is 80.8 Å². The van der Waals surface area contributed by atoms with Crippen molar-refractivity contribution >= 4 is 35.8 Å². The van der Waals surface area contributed by atoms with E-state index in [1.165, 1.54) is 0 Å². The molecule has 15 heteroatoms. The summed E-state index contributed by atoms with van der Waals surface area (Å²) in [5.74, 6) is -7.88. The molecule has 8 N–H and O–H groups in total. The Morgan fingerprint density at radius 2 is 0.500 bits per heavy atom. The fourth-order valence-electron chi connectivity index (χ4n) is 0.388. The molecule has 0 aromatic carbocycles. The largest absolute Gasteiger partial charge is 0.481 e. The van der Waals surface area contributed by atoms with Gasteiger partial charge in [0.05, 0.1) is 0 Å². The van der Waals surface area contributed by atoms with E-state index in [1.54, 1.807) is 0 Å². The molecule has 0 aromatic rings. The fraction of sp³-hybridized carbons (Fsp3) is 0.333. The van der Waals surface area contributed by atoms with E-state index in [0.717, 1.165) is 0 Å². The van der Waals surface area contributed by atoms with Crippen molar-refractivity contribution in [1.82, 2.24) is 0 Å². The Hall–Kier alpha value is -0.545. The summed E-state index contributed by atoms with van der Waals surface area (Å²) in [6.45, 7) is 0. The van der Waals surface area contributed by atoms with Crippen molar-refractivity contribution < 1.29 is 146 Å². The molecule has 140 valence electrons. The summed E-state index contributed by atoms with van der Waals surface area (Å²) in [6, 6.07) is 0. The third-order valence-corrected chi connectivity index (χ3v) is 0.907. The quantitative estimate of drug-likeness (QED) is 0.171. The smallest absolute Gasteiger partial charge is 0.314 e. The number of carboxylic acids is 6. The van der Waals surface area contributed by atoms with Crippen LogP contribution in [0.3, 0.4) is 0 Å². The van der Waals surface area contributed by atoms with Gasteiger partial charge in [0.25, 0.3) is 0 Å².